The van der Waals surface area contributed by atoms with Crippen LogP contribution in [-0.4, -0.2) is 22.4 Å². The number of amides is 1. The highest BCUT2D eigenvalue weighted by Gasteiger charge is 2.08. The SMILES string of the molecule is O=C(NCCc1cccc(Cl)c1)c1ccc2c(=O)[nH]c(=S)[nH]c2c1. The number of nitrogens with one attached hydrogen (secondary N) is 3. The fourth-order valence-electron chi connectivity index (χ4n) is 2.43. The van der Waals surface area contributed by atoms with Gasteiger partial charge in [0.05, 0.1) is 10.9 Å². The first-order chi connectivity index (χ1) is 11.5. The molecular formula is C17H14ClN3O2S. The van der Waals surface area contributed by atoms with Crippen molar-refractivity contribution in [3.63, 3.8) is 0 Å². The van der Waals surface area contributed by atoms with E-state index in [1.54, 1.807) is 18.2 Å². The minimum atomic E-state index is -0.276. The van der Waals surface area contributed by atoms with Crippen LogP contribution in [-0.2, 0) is 6.42 Å². The smallest absolute Gasteiger partial charge is 0.259 e. The van der Waals surface area contributed by atoms with Crippen LogP contribution in [0.25, 0.3) is 10.9 Å². The minimum Gasteiger partial charge on any atom is -0.352 e. The van der Waals surface area contributed by atoms with Crippen molar-refractivity contribution >= 4 is 40.6 Å². The molecule has 0 aliphatic heterocycles. The Kier molecular flexibility index (Phi) is 4.78. The van der Waals surface area contributed by atoms with Crippen molar-refractivity contribution in [1.29, 1.82) is 0 Å². The molecule has 0 unspecified atom stereocenters. The highest BCUT2D eigenvalue weighted by Crippen LogP contribution is 2.12. The van der Waals surface area contributed by atoms with Gasteiger partial charge in [-0.05, 0) is 54.5 Å². The molecule has 3 N–H and O–H groups in total. The molecule has 122 valence electrons. The molecule has 0 spiro atoms. The third-order valence-electron chi connectivity index (χ3n) is 3.59. The lowest BCUT2D eigenvalue weighted by Crippen LogP contribution is -2.25. The number of aromatic nitrogens is 2. The fourth-order valence-corrected chi connectivity index (χ4v) is 2.84. The summed E-state index contributed by atoms with van der Waals surface area (Å²) in [5.74, 6) is -0.210. The topological polar surface area (TPSA) is 77.8 Å². The Morgan fingerprint density at radius 2 is 2.00 bits per heavy atom. The summed E-state index contributed by atoms with van der Waals surface area (Å²) in [7, 11) is 0. The number of benzene rings is 2. The average molecular weight is 360 g/mol. The molecule has 7 heteroatoms. The van der Waals surface area contributed by atoms with Gasteiger partial charge in [-0.25, -0.2) is 0 Å². The number of carbonyl (C=O) groups is 1. The van der Waals surface area contributed by atoms with Gasteiger partial charge in [-0.1, -0.05) is 23.7 Å². The van der Waals surface area contributed by atoms with Gasteiger partial charge in [0.25, 0.3) is 11.5 Å². The summed E-state index contributed by atoms with van der Waals surface area (Å²) in [6, 6.07) is 12.4. The second-order valence-corrected chi connectivity index (χ2v) is 6.15. The van der Waals surface area contributed by atoms with Gasteiger partial charge in [-0.15, -0.1) is 0 Å². The molecular weight excluding hydrogens is 346 g/mol. The molecule has 3 rings (SSSR count). The predicted molar refractivity (Wildman–Crippen MR) is 97.2 cm³/mol. The first kappa shape index (κ1) is 16.4. The molecule has 0 bridgehead atoms. The van der Waals surface area contributed by atoms with Crippen LogP contribution in [0.1, 0.15) is 15.9 Å². The lowest BCUT2D eigenvalue weighted by atomic mass is 10.1. The molecule has 1 aromatic heterocycles. The van der Waals surface area contributed by atoms with Crippen molar-refractivity contribution in [1.82, 2.24) is 15.3 Å². The second-order valence-electron chi connectivity index (χ2n) is 5.30. The third kappa shape index (κ3) is 3.72. The van der Waals surface area contributed by atoms with Gasteiger partial charge in [-0.3, -0.25) is 14.6 Å². The Morgan fingerprint density at radius 1 is 1.17 bits per heavy atom. The third-order valence-corrected chi connectivity index (χ3v) is 4.03. The lowest BCUT2D eigenvalue weighted by molar-refractivity contribution is 0.0954. The van der Waals surface area contributed by atoms with Crippen molar-refractivity contribution in [3.05, 3.63) is 73.7 Å². The first-order valence-electron chi connectivity index (χ1n) is 7.32. The molecule has 3 aromatic rings. The van der Waals surface area contributed by atoms with Crippen LogP contribution in [0.5, 0.6) is 0 Å². The summed E-state index contributed by atoms with van der Waals surface area (Å²) < 4.78 is 0.228. The van der Waals surface area contributed by atoms with Crippen molar-refractivity contribution < 1.29 is 4.79 Å². The largest absolute Gasteiger partial charge is 0.352 e. The van der Waals surface area contributed by atoms with Crippen molar-refractivity contribution in [2.24, 2.45) is 0 Å². The maximum Gasteiger partial charge on any atom is 0.259 e. The van der Waals surface area contributed by atoms with Crippen LogP contribution in [0, 0.1) is 4.77 Å². The number of fused-ring (bicyclic) bond motifs is 1. The second kappa shape index (κ2) is 6.98. The van der Waals surface area contributed by atoms with E-state index in [9.17, 15) is 9.59 Å². The van der Waals surface area contributed by atoms with Gasteiger partial charge in [0, 0.05) is 17.1 Å². The van der Waals surface area contributed by atoms with Gasteiger partial charge in [-0.2, -0.15) is 0 Å². The van der Waals surface area contributed by atoms with Crippen LogP contribution in [0.4, 0.5) is 0 Å². The van der Waals surface area contributed by atoms with Crippen LogP contribution < -0.4 is 10.9 Å². The number of rotatable bonds is 4. The number of hydrogen-bond donors (Lipinski definition) is 3. The monoisotopic (exact) mass is 359 g/mol. The Labute approximate surface area is 147 Å². The quantitative estimate of drug-likeness (QED) is 0.626. The summed E-state index contributed by atoms with van der Waals surface area (Å²) in [5, 5.41) is 3.99. The van der Waals surface area contributed by atoms with E-state index in [1.807, 2.05) is 24.3 Å². The standard InChI is InChI=1S/C17H14ClN3O2S/c18-12-3-1-2-10(8-12)6-7-19-15(22)11-4-5-13-14(9-11)20-17(24)21-16(13)23/h1-5,8-9H,6-7H2,(H,19,22)(H2,20,21,23,24). The summed E-state index contributed by atoms with van der Waals surface area (Å²) in [6.45, 7) is 0.489. The predicted octanol–water partition coefficient (Wildman–Crippen LogP) is 3.21. The van der Waals surface area contributed by atoms with E-state index in [2.05, 4.69) is 15.3 Å². The van der Waals surface area contributed by atoms with Crippen molar-refractivity contribution in [3.8, 4) is 0 Å². The summed E-state index contributed by atoms with van der Waals surface area (Å²) in [6.07, 6.45) is 0.683. The van der Waals surface area contributed by atoms with E-state index in [1.165, 1.54) is 0 Å². The fraction of sp³-hybridized carbons (Fsp3) is 0.118. The molecule has 0 atom stereocenters. The lowest BCUT2D eigenvalue weighted by Gasteiger charge is -2.07. The molecule has 5 nitrogen and oxygen atoms in total. The number of hydrogen-bond acceptors (Lipinski definition) is 3. The zero-order valence-electron chi connectivity index (χ0n) is 12.6. The average Bonchev–Trinajstić information content (AvgIpc) is 2.54. The Morgan fingerprint density at radius 3 is 2.79 bits per heavy atom. The maximum atomic E-state index is 12.3. The van der Waals surface area contributed by atoms with E-state index in [0.29, 0.717) is 34.5 Å². The highest BCUT2D eigenvalue weighted by atomic mass is 35.5. The van der Waals surface area contributed by atoms with Gasteiger partial charge in [0.1, 0.15) is 0 Å². The molecule has 24 heavy (non-hydrogen) atoms. The Hall–Kier alpha value is -2.44. The molecule has 1 amide bonds. The van der Waals surface area contributed by atoms with Crippen molar-refractivity contribution in [2.75, 3.05) is 6.54 Å². The molecule has 1 heterocycles. The maximum absolute atomic E-state index is 12.3. The minimum absolute atomic E-state index is 0.210. The number of H-pyrrole nitrogens is 2. The molecule has 0 aliphatic rings. The highest BCUT2D eigenvalue weighted by molar-refractivity contribution is 7.71. The van der Waals surface area contributed by atoms with E-state index in [-0.39, 0.29) is 16.2 Å². The summed E-state index contributed by atoms with van der Waals surface area (Å²) in [5.41, 5.74) is 1.77. The van der Waals surface area contributed by atoms with Crippen LogP contribution >= 0.6 is 23.8 Å². The number of halogens is 1. The first-order valence-corrected chi connectivity index (χ1v) is 8.10. The van der Waals surface area contributed by atoms with E-state index < -0.39 is 0 Å². The summed E-state index contributed by atoms with van der Waals surface area (Å²) in [4.78, 5) is 29.4. The molecule has 2 aromatic carbocycles. The summed E-state index contributed by atoms with van der Waals surface area (Å²) >= 11 is 10.9. The number of carbonyl (C=O) groups excluding carboxylic acids is 1. The zero-order valence-corrected chi connectivity index (χ0v) is 14.1. The molecule has 0 saturated carbocycles. The number of aromatic amines is 2. The van der Waals surface area contributed by atoms with Crippen molar-refractivity contribution in [2.45, 2.75) is 6.42 Å². The van der Waals surface area contributed by atoms with Crippen LogP contribution in [0.3, 0.4) is 0 Å². The zero-order chi connectivity index (χ0) is 17.1. The van der Waals surface area contributed by atoms with Gasteiger partial charge >= 0.3 is 0 Å². The molecule has 0 saturated heterocycles. The normalized spacial score (nSPS) is 10.7. The van der Waals surface area contributed by atoms with Gasteiger partial charge < -0.3 is 10.3 Å². The van der Waals surface area contributed by atoms with Crippen LogP contribution in [0.2, 0.25) is 5.02 Å². The Bertz CT molecular complexity index is 1030. The van der Waals surface area contributed by atoms with E-state index >= 15 is 0 Å². The van der Waals surface area contributed by atoms with Gasteiger partial charge in [0.2, 0.25) is 0 Å². The van der Waals surface area contributed by atoms with Crippen LogP contribution in [0.15, 0.2) is 47.3 Å². The van der Waals surface area contributed by atoms with E-state index in [0.717, 1.165) is 5.56 Å². The Balaban J connectivity index is 1.72. The van der Waals surface area contributed by atoms with Gasteiger partial charge in [0.15, 0.2) is 4.77 Å². The molecule has 0 aliphatic carbocycles. The molecule has 0 fully saturated rings. The molecule has 0 radical (unpaired) electrons. The van der Waals surface area contributed by atoms with E-state index in [4.69, 9.17) is 23.8 Å².